The molecule has 2 N–H and O–H groups in total. The quantitative estimate of drug-likeness (QED) is 0.913. The van der Waals surface area contributed by atoms with Gasteiger partial charge in [-0.1, -0.05) is 24.3 Å². The Labute approximate surface area is 127 Å². The van der Waals surface area contributed by atoms with Gasteiger partial charge in [-0.25, -0.2) is 4.79 Å². The summed E-state index contributed by atoms with van der Waals surface area (Å²) >= 11 is 0. The van der Waals surface area contributed by atoms with Crippen molar-refractivity contribution in [2.45, 2.75) is 12.5 Å². The molecular weight excluding hydrogens is 282 g/mol. The summed E-state index contributed by atoms with van der Waals surface area (Å²) in [6.45, 7) is 0.539. The lowest BCUT2D eigenvalue weighted by molar-refractivity contribution is 0.0697. The Bertz CT molecular complexity index is 726. The van der Waals surface area contributed by atoms with Gasteiger partial charge < -0.3 is 15.2 Å². The normalized spacial score (nSPS) is 16.3. The number of aromatic carboxylic acids is 1. The average Bonchev–Trinajstić information content (AvgIpc) is 2.55. The van der Waals surface area contributed by atoms with E-state index in [2.05, 4.69) is 5.32 Å². The van der Waals surface area contributed by atoms with Crippen LogP contribution in [0.1, 0.15) is 38.7 Å². The van der Waals surface area contributed by atoms with Crippen molar-refractivity contribution >= 4 is 11.9 Å². The zero-order chi connectivity index (χ0) is 15.5. The Hall–Kier alpha value is -2.82. The molecule has 1 unspecified atom stereocenters. The number of amides is 1. The predicted octanol–water partition coefficient (Wildman–Crippen LogP) is 2.64. The molecule has 1 atom stereocenters. The molecule has 1 heterocycles. The number of carboxylic acid groups (broad SMARTS) is 1. The maximum atomic E-state index is 12.4. The van der Waals surface area contributed by atoms with Crippen molar-refractivity contribution < 1.29 is 19.4 Å². The zero-order valence-electron chi connectivity index (χ0n) is 11.8. The zero-order valence-corrected chi connectivity index (χ0v) is 11.8. The monoisotopic (exact) mass is 297 g/mol. The summed E-state index contributed by atoms with van der Waals surface area (Å²) in [6, 6.07) is 13.5. The summed E-state index contributed by atoms with van der Waals surface area (Å²) in [4.78, 5) is 23.3. The SMILES string of the molecule is O=C(O)c1cccc(C(=O)NC2CCOc3ccccc32)c1. The third-order valence-corrected chi connectivity index (χ3v) is 3.64. The number of carbonyl (C=O) groups is 2. The molecule has 0 spiro atoms. The van der Waals surface area contributed by atoms with Gasteiger partial charge >= 0.3 is 5.97 Å². The maximum Gasteiger partial charge on any atom is 0.335 e. The largest absolute Gasteiger partial charge is 0.493 e. The van der Waals surface area contributed by atoms with E-state index in [1.54, 1.807) is 12.1 Å². The van der Waals surface area contributed by atoms with Gasteiger partial charge in [-0.3, -0.25) is 4.79 Å². The van der Waals surface area contributed by atoms with Crippen molar-refractivity contribution in [2.75, 3.05) is 6.61 Å². The molecule has 0 saturated heterocycles. The molecule has 0 bridgehead atoms. The molecule has 1 aliphatic heterocycles. The molecule has 1 aliphatic rings. The standard InChI is InChI=1S/C17H15NO4/c19-16(11-4-3-5-12(10-11)17(20)21)18-14-8-9-22-15-7-2-1-6-13(14)15/h1-7,10,14H,8-9H2,(H,18,19)(H,20,21). The highest BCUT2D eigenvalue weighted by Gasteiger charge is 2.23. The van der Waals surface area contributed by atoms with Crippen LogP contribution < -0.4 is 10.1 Å². The van der Waals surface area contributed by atoms with E-state index in [-0.39, 0.29) is 17.5 Å². The van der Waals surface area contributed by atoms with E-state index in [1.807, 2.05) is 24.3 Å². The van der Waals surface area contributed by atoms with Crippen molar-refractivity contribution in [2.24, 2.45) is 0 Å². The van der Waals surface area contributed by atoms with Crippen LogP contribution in [0.15, 0.2) is 48.5 Å². The van der Waals surface area contributed by atoms with Gasteiger partial charge in [-0.2, -0.15) is 0 Å². The number of carboxylic acids is 1. The first-order valence-electron chi connectivity index (χ1n) is 7.01. The second-order valence-corrected chi connectivity index (χ2v) is 5.09. The van der Waals surface area contributed by atoms with Crippen LogP contribution in [-0.2, 0) is 0 Å². The van der Waals surface area contributed by atoms with Crippen molar-refractivity contribution in [1.82, 2.24) is 5.32 Å². The molecule has 22 heavy (non-hydrogen) atoms. The van der Waals surface area contributed by atoms with Crippen molar-refractivity contribution in [3.8, 4) is 5.75 Å². The highest BCUT2D eigenvalue weighted by Crippen LogP contribution is 2.31. The lowest BCUT2D eigenvalue weighted by Gasteiger charge is -2.26. The Morgan fingerprint density at radius 2 is 1.86 bits per heavy atom. The first-order chi connectivity index (χ1) is 10.6. The summed E-state index contributed by atoms with van der Waals surface area (Å²) in [5.74, 6) is -0.561. The summed E-state index contributed by atoms with van der Waals surface area (Å²) in [6.07, 6.45) is 0.682. The highest BCUT2D eigenvalue weighted by atomic mass is 16.5. The maximum absolute atomic E-state index is 12.4. The molecule has 112 valence electrons. The van der Waals surface area contributed by atoms with E-state index in [9.17, 15) is 9.59 Å². The summed E-state index contributed by atoms with van der Waals surface area (Å²) in [5, 5.41) is 11.9. The van der Waals surface area contributed by atoms with E-state index in [0.29, 0.717) is 18.6 Å². The van der Waals surface area contributed by atoms with Gasteiger partial charge in [0, 0.05) is 17.5 Å². The van der Waals surface area contributed by atoms with E-state index in [1.165, 1.54) is 12.1 Å². The first kappa shape index (κ1) is 14.1. The third-order valence-electron chi connectivity index (χ3n) is 3.64. The second-order valence-electron chi connectivity index (χ2n) is 5.09. The second kappa shape index (κ2) is 5.89. The van der Waals surface area contributed by atoms with Gasteiger partial charge in [0.2, 0.25) is 0 Å². The molecule has 0 fully saturated rings. The number of para-hydroxylation sites is 1. The number of carbonyl (C=O) groups excluding carboxylic acids is 1. The summed E-state index contributed by atoms with van der Waals surface area (Å²) in [7, 11) is 0. The fourth-order valence-electron chi connectivity index (χ4n) is 2.53. The minimum absolute atomic E-state index is 0.0972. The summed E-state index contributed by atoms with van der Waals surface area (Å²) < 4.78 is 5.56. The molecular formula is C17H15NO4. The fraction of sp³-hybridized carbons (Fsp3) is 0.176. The van der Waals surface area contributed by atoms with Gasteiger partial charge in [0.15, 0.2) is 0 Å². The van der Waals surface area contributed by atoms with Crippen LogP contribution in [-0.4, -0.2) is 23.6 Å². The Morgan fingerprint density at radius 3 is 2.68 bits per heavy atom. The van der Waals surface area contributed by atoms with Crippen LogP contribution in [0.25, 0.3) is 0 Å². The average molecular weight is 297 g/mol. The minimum Gasteiger partial charge on any atom is -0.493 e. The third kappa shape index (κ3) is 2.79. The lowest BCUT2D eigenvalue weighted by Crippen LogP contribution is -2.32. The van der Waals surface area contributed by atoms with Gasteiger partial charge in [0.05, 0.1) is 18.2 Å². The number of hydrogen-bond acceptors (Lipinski definition) is 3. The lowest BCUT2D eigenvalue weighted by atomic mass is 10.00. The fourth-order valence-corrected chi connectivity index (χ4v) is 2.53. The topological polar surface area (TPSA) is 75.6 Å². The molecule has 0 radical (unpaired) electrons. The molecule has 3 rings (SSSR count). The number of hydrogen-bond donors (Lipinski definition) is 2. The van der Waals surface area contributed by atoms with Gasteiger partial charge in [0.1, 0.15) is 5.75 Å². The number of rotatable bonds is 3. The number of fused-ring (bicyclic) bond motifs is 1. The molecule has 5 heteroatoms. The first-order valence-corrected chi connectivity index (χ1v) is 7.01. The van der Waals surface area contributed by atoms with Gasteiger partial charge in [0.25, 0.3) is 5.91 Å². The Balaban J connectivity index is 1.81. The number of ether oxygens (including phenoxy) is 1. The smallest absolute Gasteiger partial charge is 0.335 e. The Kier molecular flexibility index (Phi) is 3.78. The van der Waals surface area contributed by atoms with Gasteiger partial charge in [-0.05, 0) is 24.3 Å². The van der Waals surface area contributed by atoms with Gasteiger partial charge in [-0.15, -0.1) is 0 Å². The Morgan fingerprint density at radius 1 is 1.09 bits per heavy atom. The highest BCUT2D eigenvalue weighted by molar-refractivity contribution is 5.97. The van der Waals surface area contributed by atoms with E-state index in [0.717, 1.165) is 11.3 Å². The van der Waals surface area contributed by atoms with Crippen molar-refractivity contribution in [3.63, 3.8) is 0 Å². The van der Waals surface area contributed by atoms with Crippen LogP contribution in [0, 0.1) is 0 Å². The predicted molar refractivity (Wildman–Crippen MR) is 80.2 cm³/mol. The molecule has 1 amide bonds. The van der Waals surface area contributed by atoms with Crippen LogP contribution in [0.3, 0.4) is 0 Å². The summed E-state index contributed by atoms with van der Waals surface area (Å²) in [5.41, 5.74) is 1.38. The molecule has 0 aliphatic carbocycles. The van der Waals surface area contributed by atoms with Crippen molar-refractivity contribution in [1.29, 1.82) is 0 Å². The molecule has 0 saturated carbocycles. The van der Waals surface area contributed by atoms with E-state index in [4.69, 9.17) is 9.84 Å². The minimum atomic E-state index is -1.05. The van der Waals surface area contributed by atoms with Crippen LogP contribution >= 0.6 is 0 Å². The number of benzene rings is 2. The van der Waals surface area contributed by atoms with Crippen LogP contribution in [0.4, 0.5) is 0 Å². The molecule has 0 aromatic heterocycles. The number of nitrogens with one attached hydrogen (secondary N) is 1. The molecule has 5 nitrogen and oxygen atoms in total. The van der Waals surface area contributed by atoms with E-state index >= 15 is 0 Å². The molecule has 2 aromatic rings. The molecule has 2 aromatic carbocycles. The van der Waals surface area contributed by atoms with E-state index < -0.39 is 5.97 Å². The van der Waals surface area contributed by atoms with Crippen LogP contribution in [0.2, 0.25) is 0 Å². The van der Waals surface area contributed by atoms with Crippen LogP contribution in [0.5, 0.6) is 5.75 Å². The van der Waals surface area contributed by atoms with Crippen molar-refractivity contribution in [3.05, 3.63) is 65.2 Å².